The highest BCUT2D eigenvalue weighted by atomic mass is 35.5. The molecule has 0 aromatic heterocycles. The van der Waals surface area contributed by atoms with Crippen LogP contribution < -0.4 is 4.74 Å². The molecule has 2 saturated heterocycles. The molecule has 0 unspecified atom stereocenters. The summed E-state index contributed by atoms with van der Waals surface area (Å²) >= 11 is 5.90. The van der Waals surface area contributed by atoms with Crippen LogP contribution in [0.3, 0.4) is 0 Å². The normalized spacial score (nSPS) is 29.7. The second-order valence-electron chi connectivity index (χ2n) is 8.20. The van der Waals surface area contributed by atoms with Gasteiger partial charge in [-0.1, -0.05) is 46.2 Å². The van der Waals surface area contributed by atoms with E-state index in [0.717, 1.165) is 0 Å². The molecule has 3 rings (SSSR count). The predicted molar refractivity (Wildman–Crippen MR) is 89.5 cm³/mol. The first-order valence-corrected chi connectivity index (χ1v) is 8.35. The Morgan fingerprint density at radius 3 is 2.43 bits per heavy atom. The summed E-state index contributed by atoms with van der Waals surface area (Å²) in [5.41, 5.74) is -0.275. The summed E-state index contributed by atoms with van der Waals surface area (Å²) in [4.78, 5) is 14.6. The molecule has 0 N–H and O–H groups in total. The molecule has 1 amide bonds. The van der Waals surface area contributed by atoms with Gasteiger partial charge in [0, 0.05) is 15.9 Å². The molecular weight excluding hydrogens is 314 g/mol. The van der Waals surface area contributed by atoms with Gasteiger partial charge in [0.1, 0.15) is 12.0 Å². The lowest BCUT2D eigenvalue weighted by atomic mass is 9.72. The lowest BCUT2D eigenvalue weighted by Gasteiger charge is -2.61. The molecule has 0 spiro atoms. The maximum atomic E-state index is 12.7. The molecule has 1 aromatic rings. The Morgan fingerprint density at radius 1 is 1.26 bits per heavy atom. The molecule has 1 aromatic carbocycles. The summed E-state index contributed by atoms with van der Waals surface area (Å²) in [6.07, 6.45) is -0.669. The molecule has 3 atom stereocenters. The fraction of sp³-hybridized carbons (Fsp3) is 0.611. The number of nitrogens with zero attached hydrogens (tertiary/aromatic N) is 1. The highest BCUT2D eigenvalue weighted by Gasteiger charge is 2.62. The van der Waals surface area contributed by atoms with Gasteiger partial charge in [0.2, 0.25) is 0 Å². The minimum Gasteiger partial charge on any atom is -0.478 e. The Hall–Kier alpha value is -1.26. The van der Waals surface area contributed by atoms with Crippen molar-refractivity contribution < 1.29 is 14.3 Å². The van der Waals surface area contributed by atoms with Crippen LogP contribution >= 0.6 is 11.6 Å². The van der Waals surface area contributed by atoms with Gasteiger partial charge in [0.25, 0.3) is 5.91 Å². The van der Waals surface area contributed by atoms with E-state index in [1.165, 1.54) is 0 Å². The molecular formula is C18H24ClNO3. The minimum atomic E-state index is -0.458. The van der Waals surface area contributed by atoms with Crippen molar-refractivity contribution in [2.75, 3.05) is 6.61 Å². The number of ether oxygens (including phenoxy) is 2. The number of rotatable bonds is 2. The molecule has 2 aliphatic heterocycles. The Bertz CT molecular complexity index is 606. The first-order valence-electron chi connectivity index (χ1n) is 7.97. The number of carbonyl (C=O) groups is 1. The number of hydrogen-bond acceptors (Lipinski definition) is 3. The fourth-order valence-corrected chi connectivity index (χ4v) is 3.56. The van der Waals surface area contributed by atoms with E-state index in [2.05, 4.69) is 34.6 Å². The Balaban J connectivity index is 1.84. The van der Waals surface area contributed by atoms with E-state index in [0.29, 0.717) is 17.4 Å². The molecule has 0 saturated carbocycles. The van der Waals surface area contributed by atoms with Gasteiger partial charge in [-0.2, -0.15) is 0 Å². The molecule has 5 heteroatoms. The summed E-state index contributed by atoms with van der Waals surface area (Å²) < 4.78 is 12.0. The van der Waals surface area contributed by atoms with Gasteiger partial charge >= 0.3 is 0 Å². The van der Waals surface area contributed by atoms with Crippen molar-refractivity contribution in [1.82, 2.24) is 4.90 Å². The largest absolute Gasteiger partial charge is 0.478 e. The van der Waals surface area contributed by atoms with Crippen molar-refractivity contribution in [1.29, 1.82) is 0 Å². The second-order valence-corrected chi connectivity index (χ2v) is 8.64. The van der Waals surface area contributed by atoms with E-state index in [9.17, 15) is 4.79 Å². The fourth-order valence-electron chi connectivity index (χ4n) is 3.43. The lowest BCUT2D eigenvalue weighted by Crippen LogP contribution is -2.78. The molecule has 0 bridgehead atoms. The summed E-state index contributed by atoms with van der Waals surface area (Å²) in [6.45, 7) is 11.1. The first kappa shape index (κ1) is 16.6. The molecule has 0 radical (unpaired) electrons. The van der Waals surface area contributed by atoms with Crippen LogP contribution in [-0.2, 0) is 9.53 Å². The third kappa shape index (κ3) is 2.83. The van der Waals surface area contributed by atoms with Gasteiger partial charge in [-0.3, -0.25) is 4.79 Å². The van der Waals surface area contributed by atoms with Crippen LogP contribution in [0.5, 0.6) is 5.75 Å². The monoisotopic (exact) mass is 337 g/mol. The highest BCUT2D eigenvalue weighted by Crippen LogP contribution is 2.46. The van der Waals surface area contributed by atoms with E-state index in [-0.39, 0.29) is 29.0 Å². The number of carbonyl (C=O) groups excluding carboxylic acids is 1. The number of hydrogen-bond donors (Lipinski definition) is 0. The van der Waals surface area contributed by atoms with Crippen molar-refractivity contribution >= 4 is 17.5 Å². The molecule has 4 nitrogen and oxygen atoms in total. The quantitative estimate of drug-likeness (QED) is 0.772. The number of amides is 1. The van der Waals surface area contributed by atoms with Crippen LogP contribution in [0.25, 0.3) is 0 Å². The van der Waals surface area contributed by atoms with Gasteiger partial charge in [0.05, 0.1) is 12.6 Å². The molecule has 0 aliphatic carbocycles. The van der Waals surface area contributed by atoms with Crippen LogP contribution in [0, 0.1) is 10.8 Å². The second kappa shape index (κ2) is 5.38. The van der Waals surface area contributed by atoms with Crippen LogP contribution in [0.4, 0.5) is 0 Å². The van der Waals surface area contributed by atoms with Crippen molar-refractivity contribution in [3.8, 4) is 5.75 Å². The van der Waals surface area contributed by atoms with Gasteiger partial charge < -0.3 is 14.4 Å². The van der Waals surface area contributed by atoms with Crippen LogP contribution in [-0.4, -0.2) is 35.8 Å². The van der Waals surface area contributed by atoms with Crippen molar-refractivity contribution in [3.63, 3.8) is 0 Å². The van der Waals surface area contributed by atoms with E-state index in [1.807, 2.05) is 4.90 Å². The Kier molecular flexibility index (Phi) is 3.88. The summed E-state index contributed by atoms with van der Waals surface area (Å²) in [6, 6.07) is 7.15. The third-order valence-electron chi connectivity index (χ3n) is 4.57. The maximum absolute atomic E-state index is 12.7. The van der Waals surface area contributed by atoms with E-state index < -0.39 is 6.10 Å². The predicted octanol–water partition coefficient (Wildman–Crippen LogP) is 3.73. The van der Waals surface area contributed by atoms with E-state index >= 15 is 0 Å². The molecule has 2 fully saturated rings. The summed E-state index contributed by atoms with van der Waals surface area (Å²) in [7, 11) is 0. The number of β-lactam (4-membered cyclic amide) rings is 1. The lowest BCUT2D eigenvalue weighted by molar-refractivity contribution is -0.260. The van der Waals surface area contributed by atoms with Gasteiger partial charge in [-0.05, 0) is 24.3 Å². The van der Waals surface area contributed by atoms with Gasteiger partial charge in [-0.25, -0.2) is 0 Å². The number of halogens is 1. The topological polar surface area (TPSA) is 38.8 Å². The number of benzene rings is 1. The maximum Gasteiger partial charge on any atom is 0.268 e. The minimum absolute atomic E-state index is 0.00218. The van der Waals surface area contributed by atoms with Crippen LogP contribution in [0.1, 0.15) is 34.6 Å². The zero-order valence-corrected chi connectivity index (χ0v) is 15.1. The van der Waals surface area contributed by atoms with Gasteiger partial charge in [0.15, 0.2) is 6.10 Å². The summed E-state index contributed by atoms with van der Waals surface area (Å²) in [5.74, 6) is 0.666. The Morgan fingerprint density at radius 2 is 1.87 bits per heavy atom. The van der Waals surface area contributed by atoms with Gasteiger partial charge in [-0.15, -0.1) is 0 Å². The SMILES string of the molecule is CC(C)(C)[C@@H]1OCC(C)(C)[C@H]2[C@H](Oc3ccc(Cl)cc3)C(=O)N12. The standard InChI is InChI=1S/C18H24ClNO3/c1-17(2,3)16-20-14(18(4,5)10-22-16)13(15(20)21)23-12-8-6-11(19)7-9-12/h6-9,13-14,16H,10H2,1-5H3/t13-,14+,16-/m0/s1. The average Bonchev–Trinajstić information content (AvgIpc) is 2.44. The molecule has 23 heavy (non-hydrogen) atoms. The van der Waals surface area contributed by atoms with Crippen molar-refractivity contribution in [2.24, 2.45) is 10.8 Å². The zero-order chi connectivity index (χ0) is 17.0. The first-order chi connectivity index (χ1) is 10.6. The third-order valence-corrected chi connectivity index (χ3v) is 4.82. The smallest absolute Gasteiger partial charge is 0.268 e. The van der Waals surface area contributed by atoms with E-state index in [4.69, 9.17) is 21.1 Å². The number of fused-ring (bicyclic) bond motifs is 1. The van der Waals surface area contributed by atoms with Crippen molar-refractivity contribution in [3.05, 3.63) is 29.3 Å². The van der Waals surface area contributed by atoms with Crippen LogP contribution in [0.15, 0.2) is 24.3 Å². The highest BCUT2D eigenvalue weighted by molar-refractivity contribution is 6.30. The van der Waals surface area contributed by atoms with Crippen molar-refractivity contribution in [2.45, 2.75) is 53.0 Å². The molecule has 126 valence electrons. The van der Waals surface area contributed by atoms with Crippen LogP contribution in [0.2, 0.25) is 5.02 Å². The Labute approximate surface area is 142 Å². The molecule has 2 aliphatic rings. The summed E-state index contributed by atoms with van der Waals surface area (Å²) in [5, 5.41) is 0.651. The zero-order valence-electron chi connectivity index (χ0n) is 14.3. The average molecular weight is 338 g/mol. The molecule has 2 heterocycles. The van der Waals surface area contributed by atoms with E-state index in [1.54, 1.807) is 24.3 Å².